The van der Waals surface area contributed by atoms with Crippen LogP contribution >= 0.6 is 0 Å². The van der Waals surface area contributed by atoms with Crippen LogP contribution in [0.5, 0.6) is 11.5 Å². The molecule has 29 heavy (non-hydrogen) atoms. The molecule has 5 heteroatoms. The number of rotatable bonds is 7. The Balaban J connectivity index is 1.32. The van der Waals surface area contributed by atoms with Crippen molar-refractivity contribution < 1.29 is 19.0 Å². The molecule has 0 saturated carbocycles. The second kappa shape index (κ2) is 9.26. The Bertz CT molecular complexity index is 890. The number of carbonyl (C=O) groups excluding carboxylic acids is 1. The summed E-state index contributed by atoms with van der Waals surface area (Å²) in [4.78, 5) is 12.4. The molecule has 0 radical (unpaired) electrons. The summed E-state index contributed by atoms with van der Waals surface area (Å²) in [6.07, 6.45) is -0.530. The van der Waals surface area contributed by atoms with Crippen molar-refractivity contribution in [3.63, 3.8) is 0 Å². The van der Waals surface area contributed by atoms with E-state index in [1.165, 1.54) is 0 Å². The van der Waals surface area contributed by atoms with Crippen molar-refractivity contribution in [3.05, 3.63) is 96.1 Å². The van der Waals surface area contributed by atoms with Gasteiger partial charge in [0.1, 0.15) is 25.4 Å². The van der Waals surface area contributed by atoms with E-state index in [1.807, 2.05) is 84.9 Å². The van der Waals surface area contributed by atoms with Crippen LogP contribution in [0, 0.1) is 0 Å². The average Bonchev–Trinajstić information content (AvgIpc) is 2.79. The molecule has 1 N–H and O–H groups in total. The van der Waals surface area contributed by atoms with E-state index in [9.17, 15) is 4.79 Å². The van der Waals surface area contributed by atoms with Crippen LogP contribution in [0.3, 0.4) is 0 Å². The van der Waals surface area contributed by atoms with Gasteiger partial charge in [-0.15, -0.1) is 0 Å². The summed E-state index contributed by atoms with van der Waals surface area (Å²) in [7, 11) is 0. The van der Waals surface area contributed by atoms with E-state index < -0.39 is 0 Å². The molecule has 3 aromatic rings. The van der Waals surface area contributed by atoms with Crippen molar-refractivity contribution in [2.24, 2.45) is 0 Å². The first-order valence-electron chi connectivity index (χ1n) is 9.66. The normalized spacial score (nSPS) is 15.1. The van der Waals surface area contributed by atoms with E-state index in [2.05, 4.69) is 5.32 Å². The van der Waals surface area contributed by atoms with Crippen molar-refractivity contribution >= 4 is 5.91 Å². The van der Waals surface area contributed by atoms with Crippen LogP contribution in [0.2, 0.25) is 0 Å². The van der Waals surface area contributed by atoms with E-state index in [0.29, 0.717) is 18.9 Å². The monoisotopic (exact) mass is 389 g/mol. The summed E-state index contributed by atoms with van der Waals surface area (Å²) >= 11 is 0. The van der Waals surface area contributed by atoms with Gasteiger partial charge in [0, 0.05) is 0 Å². The predicted octanol–water partition coefficient (Wildman–Crippen LogP) is 3.75. The van der Waals surface area contributed by atoms with E-state index in [-0.39, 0.29) is 24.7 Å². The molecule has 5 nitrogen and oxygen atoms in total. The average molecular weight is 389 g/mol. The highest BCUT2D eigenvalue weighted by Gasteiger charge is 2.22. The van der Waals surface area contributed by atoms with Crippen molar-refractivity contribution in [2.45, 2.75) is 12.2 Å². The van der Waals surface area contributed by atoms with Gasteiger partial charge in [-0.1, -0.05) is 72.8 Å². The molecule has 3 aromatic carbocycles. The Morgan fingerprint density at radius 1 is 0.897 bits per heavy atom. The summed E-state index contributed by atoms with van der Waals surface area (Å²) in [6.45, 7) is 0.714. The molecule has 1 aliphatic rings. The van der Waals surface area contributed by atoms with Gasteiger partial charge in [-0.2, -0.15) is 0 Å². The number of fused-ring (bicyclic) bond motifs is 1. The SMILES string of the molecule is O=C(COC(c1ccccc1)c1ccccc1)NCC1COc2ccccc2O1. The molecule has 0 aliphatic carbocycles. The van der Waals surface area contributed by atoms with Crippen LogP contribution in [0.25, 0.3) is 0 Å². The highest BCUT2D eigenvalue weighted by atomic mass is 16.6. The van der Waals surface area contributed by atoms with Gasteiger partial charge in [-0.25, -0.2) is 0 Å². The third-order valence-electron chi connectivity index (χ3n) is 4.68. The van der Waals surface area contributed by atoms with Gasteiger partial charge in [0.05, 0.1) is 6.54 Å². The predicted molar refractivity (Wildman–Crippen MR) is 110 cm³/mol. The molecule has 0 saturated heterocycles. The molecule has 148 valence electrons. The number of carbonyl (C=O) groups is 1. The van der Waals surface area contributed by atoms with Crippen molar-refractivity contribution in [1.82, 2.24) is 5.32 Å². The van der Waals surface area contributed by atoms with E-state index in [4.69, 9.17) is 14.2 Å². The van der Waals surface area contributed by atoms with E-state index in [1.54, 1.807) is 0 Å². The van der Waals surface area contributed by atoms with Gasteiger partial charge >= 0.3 is 0 Å². The van der Waals surface area contributed by atoms with Gasteiger partial charge in [0.15, 0.2) is 11.5 Å². The first-order valence-corrected chi connectivity index (χ1v) is 9.66. The Labute approximate surface area is 170 Å². The Hall–Kier alpha value is -3.31. The lowest BCUT2D eigenvalue weighted by Crippen LogP contribution is -2.42. The van der Waals surface area contributed by atoms with E-state index >= 15 is 0 Å². The standard InChI is InChI=1S/C24H23NO4/c26-23(25-15-20-16-27-21-13-7-8-14-22(21)29-20)17-28-24(18-9-3-1-4-10-18)19-11-5-2-6-12-19/h1-14,20,24H,15-17H2,(H,25,26). The fourth-order valence-electron chi connectivity index (χ4n) is 3.24. The maximum absolute atomic E-state index is 12.4. The minimum atomic E-state index is -0.302. The van der Waals surface area contributed by atoms with Crippen LogP contribution in [-0.4, -0.2) is 31.8 Å². The molecular formula is C24H23NO4. The zero-order valence-corrected chi connectivity index (χ0v) is 16.0. The first-order chi connectivity index (χ1) is 14.3. The maximum atomic E-state index is 12.4. The number of benzene rings is 3. The van der Waals surface area contributed by atoms with Gasteiger partial charge in [0.2, 0.25) is 5.91 Å². The molecule has 1 atom stereocenters. The third-order valence-corrected chi connectivity index (χ3v) is 4.68. The van der Waals surface area contributed by atoms with Crippen LogP contribution in [0.1, 0.15) is 17.2 Å². The number of ether oxygens (including phenoxy) is 3. The largest absolute Gasteiger partial charge is 0.486 e. The first kappa shape index (κ1) is 19.0. The highest BCUT2D eigenvalue weighted by Crippen LogP contribution is 2.30. The maximum Gasteiger partial charge on any atom is 0.246 e. The van der Waals surface area contributed by atoms with Gasteiger partial charge in [0.25, 0.3) is 0 Å². The lowest BCUT2D eigenvalue weighted by Gasteiger charge is -2.26. The molecule has 0 spiro atoms. The molecule has 1 amide bonds. The number of para-hydroxylation sites is 2. The van der Waals surface area contributed by atoms with Crippen LogP contribution in [0.15, 0.2) is 84.9 Å². The third kappa shape index (κ3) is 4.95. The molecular weight excluding hydrogens is 366 g/mol. The molecule has 0 fully saturated rings. The molecule has 1 heterocycles. The fourth-order valence-corrected chi connectivity index (χ4v) is 3.24. The lowest BCUT2D eigenvalue weighted by atomic mass is 10.0. The quantitative estimate of drug-likeness (QED) is 0.669. The van der Waals surface area contributed by atoms with Crippen LogP contribution in [-0.2, 0) is 9.53 Å². The summed E-state index contributed by atoms with van der Waals surface area (Å²) in [5, 5.41) is 2.87. The molecule has 1 unspecified atom stereocenters. The summed E-state index contributed by atoms with van der Waals surface area (Å²) in [6, 6.07) is 27.3. The van der Waals surface area contributed by atoms with Gasteiger partial charge in [-0.05, 0) is 23.3 Å². The lowest BCUT2D eigenvalue weighted by molar-refractivity contribution is -0.127. The van der Waals surface area contributed by atoms with Gasteiger partial charge in [-0.3, -0.25) is 4.79 Å². The van der Waals surface area contributed by atoms with E-state index in [0.717, 1.165) is 16.9 Å². The second-order valence-corrected chi connectivity index (χ2v) is 6.81. The number of amides is 1. The molecule has 0 aromatic heterocycles. The summed E-state index contributed by atoms with van der Waals surface area (Å²) < 4.78 is 17.5. The number of nitrogens with one attached hydrogen (secondary N) is 1. The second-order valence-electron chi connectivity index (χ2n) is 6.81. The van der Waals surface area contributed by atoms with Crippen LogP contribution < -0.4 is 14.8 Å². The molecule has 4 rings (SSSR count). The number of hydrogen-bond acceptors (Lipinski definition) is 4. The summed E-state index contributed by atoms with van der Waals surface area (Å²) in [5.74, 6) is 1.23. The van der Waals surface area contributed by atoms with Crippen molar-refractivity contribution in [1.29, 1.82) is 0 Å². The molecule has 0 bridgehead atoms. The Morgan fingerprint density at radius 3 is 2.14 bits per heavy atom. The molecule has 1 aliphatic heterocycles. The Morgan fingerprint density at radius 2 is 1.48 bits per heavy atom. The smallest absolute Gasteiger partial charge is 0.246 e. The fraction of sp³-hybridized carbons (Fsp3) is 0.208. The van der Waals surface area contributed by atoms with Crippen LogP contribution in [0.4, 0.5) is 0 Å². The Kier molecular flexibility index (Phi) is 6.07. The van der Waals surface area contributed by atoms with Gasteiger partial charge < -0.3 is 19.5 Å². The summed E-state index contributed by atoms with van der Waals surface area (Å²) in [5.41, 5.74) is 2.01. The topological polar surface area (TPSA) is 56.8 Å². The number of hydrogen-bond donors (Lipinski definition) is 1. The van der Waals surface area contributed by atoms with Crippen molar-refractivity contribution in [3.8, 4) is 11.5 Å². The highest BCUT2D eigenvalue weighted by molar-refractivity contribution is 5.77. The zero-order chi connectivity index (χ0) is 19.9. The zero-order valence-electron chi connectivity index (χ0n) is 16.0. The van der Waals surface area contributed by atoms with Crippen molar-refractivity contribution in [2.75, 3.05) is 19.8 Å². The minimum absolute atomic E-state index is 0.0430. The minimum Gasteiger partial charge on any atom is -0.486 e.